The van der Waals surface area contributed by atoms with Gasteiger partial charge < -0.3 is 19.9 Å². The molecule has 1 amide bonds. The van der Waals surface area contributed by atoms with Crippen LogP contribution >= 0.6 is 0 Å². The van der Waals surface area contributed by atoms with E-state index >= 15 is 0 Å². The molecule has 0 radical (unpaired) electrons. The monoisotopic (exact) mass is 390 g/mol. The van der Waals surface area contributed by atoms with E-state index in [-0.39, 0.29) is 12.5 Å². The molecule has 0 spiro atoms. The van der Waals surface area contributed by atoms with Crippen molar-refractivity contribution in [1.82, 2.24) is 15.0 Å². The van der Waals surface area contributed by atoms with Crippen molar-refractivity contribution in [1.29, 1.82) is 0 Å². The Bertz CT molecular complexity index is 930. The molecular weight excluding hydrogens is 368 g/mol. The highest BCUT2D eigenvalue weighted by Crippen LogP contribution is 2.20. The van der Waals surface area contributed by atoms with Crippen LogP contribution in [0, 0.1) is 0 Å². The highest BCUT2D eigenvalue weighted by atomic mass is 16.5. The third-order valence-electron chi connectivity index (χ3n) is 4.65. The number of piperazine rings is 1. The molecule has 8 nitrogen and oxygen atoms in total. The molecular formula is C21H22N6O2. The first-order chi connectivity index (χ1) is 14.3. The van der Waals surface area contributed by atoms with E-state index in [1.165, 1.54) is 12.0 Å². The first-order valence-electron chi connectivity index (χ1n) is 9.47. The number of carbonyl (C=O) groups is 1. The van der Waals surface area contributed by atoms with Gasteiger partial charge in [0.2, 0.25) is 0 Å². The minimum absolute atomic E-state index is 0.110. The zero-order valence-electron chi connectivity index (χ0n) is 15.9. The average molecular weight is 390 g/mol. The number of ether oxygens (including phenoxy) is 1. The fourth-order valence-electron chi connectivity index (χ4n) is 3.18. The number of hydrogen-bond acceptors (Lipinski definition) is 7. The van der Waals surface area contributed by atoms with E-state index in [1.54, 1.807) is 30.6 Å². The molecule has 1 aliphatic heterocycles. The highest BCUT2D eigenvalue weighted by molar-refractivity contribution is 5.91. The Balaban J connectivity index is 1.31. The van der Waals surface area contributed by atoms with Crippen molar-refractivity contribution >= 4 is 23.2 Å². The molecule has 29 heavy (non-hydrogen) atoms. The van der Waals surface area contributed by atoms with Gasteiger partial charge in [-0.25, -0.2) is 9.97 Å². The van der Waals surface area contributed by atoms with Gasteiger partial charge in [-0.1, -0.05) is 18.2 Å². The van der Waals surface area contributed by atoms with E-state index in [0.717, 1.165) is 32.0 Å². The lowest BCUT2D eigenvalue weighted by Crippen LogP contribution is -2.46. The van der Waals surface area contributed by atoms with Gasteiger partial charge in [0.25, 0.3) is 5.91 Å². The lowest BCUT2D eigenvalue weighted by atomic mass is 10.2. The van der Waals surface area contributed by atoms with Crippen LogP contribution in [0.1, 0.15) is 0 Å². The second kappa shape index (κ2) is 9.01. The largest absolute Gasteiger partial charge is 0.482 e. The number of rotatable bonds is 6. The van der Waals surface area contributed by atoms with E-state index in [0.29, 0.717) is 11.6 Å². The Morgan fingerprint density at radius 1 is 1.00 bits per heavy atom. The van der Waals surface area contributed by atoms with E-state index in [4.69, 9.17) is 4.74 Å². The van der Waals surface area contributed by atoms with E-state index in [1.807, 2.05) is 6.07 Å². The van der Waals surface area contributed by atoms with Gasteiger partial charge in [-0.2, -0.15) is 0 Å². The maximum Gasteiger partial charge on any atom is 0.263 e. The van der Waals surface area contributed by atoms with Gasteiger partial charge in [0.05, 0.1) is 6.20 Å². The van der Waals surface area contributed by atoms with Crippen molar-refractivity contribution in [2.24, 2.45) is 0 Å². The number of pyridine rings is 1. The number of carbonyl (C=O) groups excluding carboxylic acids is 1. The number of benzene rings is 1. The molecule has 1 aromatic carbocycles. The first kappa shape index (κ1) is 18.7. The topological polar surface area (TPSA) is 83.5 Å². The lowest BCUT2D eigenvalue weighted by Gasteiger charge is -2.36. The summed E-state index contributed by atoms with van der Waals surface area (Å²) in [5.41, 5.74) is 1.23. The van der Waals surface area contributed by atoms with Crippen LogP contribution in [-0.2, 0) is 4.79 Å². The standard InChI is InChI=1S/C21H22N6O2/c28-21(15-29-18-7-4-8-22-14-18)25-19-13-20(24-16-23-19)27-11-9-26(10-12-27)17-5-2-1-3-6-17/h1-8,13-14,16H,9-12,15H2,(H,23,24,25,28). The third kappa shape index (κ3) is 4.98. The Labute approximate surface area is 169 Å². The highest BCUT2D eigenvalue weighted by Gasteiger charge is 2.19. The fourth-order valence-corrected chi connectivity index (χ4v) is 3.18. The molecule has 3 heterocycles. The van der Waals surface area contributed by atoms with Gasteiger partial charge in [0, 0.05) is 44.1 Å². The second-order valence-electron chi connectivity index (χ2n) is 6.60. The van der Waals surface area contributed by atoms with E-state index in [2.05, 4.69) is 54.3 Å². The predicted octanol–water partition coefficient (Wildman–Crippen LogP) is 2.22. The van der Waals surface area contributed by atoms with Crippen molar-refractivity contribution in [2.45, 2.75) is 0 Å². The quantitative estimate of drug-likeness (QED) is 0.691. The minimum atomic E-state index is -0.285. The van der Waals surface area contributed by atoms with Gasteiger partial charge in [0.1, 0.15) is 23.7 Å². The summed E-state index contributed by atoms with van der Waals surface area (Å²) in [6.45, 7) is 3.41. The van der Waals surface area contributed by atoms with Gasteiger partial charge >= 0.3 is 0 Å². The van der Waals surface area contributed by atoms with Crippen molar-refractivity contribution in [3.63, 3.8) is 0 Å². The molecule has 1 aliphatic rings. The van der Waals surface area contributed by atoms with Crippen molar-refractivity contribution in [3.8, 4) is 5.75 Å². The summed E-state index contributed by atoms with van der Waals surface area (Å²) in [7, 11) is 0. The molecule has 1 N–H and O–H groups in total. The number of nitrogens with zero attached hydrogens (tertiary/aromatic N) is 5. The Kier molecular flexibility index (Phi) is 5.80. The van der Waals surface area contributed by atoms with Crippen LogP contribution in [0.3, 0.4) is 0 Å². The summed E-state index contributed by atoms with van der Waals surface area (Å²) in [5.74, 6) is 1.52. The molecule has 1 saturated heterocycles. The smallest absolute Gasteiger partial charge is 0.263 e. The van der Waals surface area contributed by atoms with Crippen LogP contribution < -0.4 is 19.9 Å². The number of aromatic nitrogens is 3. The molecule has 8 heteroatoms. The first-order valence-corrected chi connectivity index (χ1v) is 9.47. The molecule has 148 valence electrons. The summed E-state index contributed by atoms with van der Waals surface area (Å²) in [6.07, 6.45) is 4.68. The molecule has 4 rings (SSSR count). The van der Waals surface area contributed by atoms with Crippen molar-refractivity contribution < 1.29 is 9.53 Å². The maximum atomic E-state index is 12.1. The van der Waals surface area contributed by atoms with Gasteiger partial charge in [-0.3, -0.25) is 9.78 Å². The Morgan fingerprint density at radius 2 is 1.79 bits per heavy atom. The SMILES string of the molecule is O=C(COc1cccnc1)Nc1cc(N2CCN(c3ccccc3)CC2)ncn1. The van der Waals surface area contributed by atoms with E-state index in [9.17, 15) is 4.79 Å². The summed E-state index contributed by atoms with van der Waals surface area (Å²) in [6, 6.07) is 15.7. The molecule has 3 aromatic rings. The predicted molar refractivity (Wildman–Crippen MR) is 111 cm³/mol. The van der Waals surface area contributed by atoms with E-state index < -0.39 is 0 Å². The molecule has 2 aromatic heterocycles. The summed E-state index contributed by atoms with van der Waals surface area (Å²) < 4.78 is 5.41. The number of hydrogen-bond donors (Lipinski definition) is 1. The fraction of sp³-hybridized carbons (Fsp3) is 0.238. The number of amides is 1. The number of para-hydroxylation sites is 1. The molecule has 0 aliphatic carbocycles. The molecule has 0 bridgehead atoms. The Hall–Kier alpha value is -3.68. The van der Waals surface area contributed by atoms with Crippen LogP contribution in [0.25, 0.3) is 0 Å². The van der Waals surface area contributed by atoms with Gasteiger partial charge in [0.15, 0.2) is 6.61 Å². The molecule has 0 atom stereocenters. The average Bonchev–Trinajstić information content (AvgIpc) is 2.79. The summed E-state index contributed by atoms with van der Waals surface area (Å²) in [4.78, 5) is 29.1. The van der Waals surface area contributed by atoms with Crippen molar-refractivity contribution in [2.75, 3.05) is 47.9 Å². The lowest BCUT2D eigenvalue weighted by molar-refractivity contribution is -0.118. The van der Waals surface area contributed by atoms with Crippen molar-refractivity contribution in [3.05, 3.63) is 67.3 Å². The van der Waals surface area contributed by atoms with Crippen LogP contribution in [0.15, 0.2) is 67.3 Å². The zero-order valence-corrected chi connectivity index (χ0v) is 15.9. The maximum absolute atomic E-state index is 12.1. The summed E-state index contributed by atoms with van der Waals surface area (Å²) in [5, 5.41) is 2.75. The molecule has 0 saturated carbocycles. The number of anilines is 3. The third-order valence-corrected chi connectivity index (χ3v) is 4.65. The van der Waals surface area contributed by atoms with Crippen LogP contribution in [0.4, 0.5) is 17.3 Å². The Morgan fingerprint density at radius 3 is 2.55 bits per heavy atom. The zero-order chi connectivity index (χ0) is 19.9. The minimum Gasteiger partial charge on any atom is -0.482 e. The second-order valence-corrected chi connectivity index (χ2v) is 6.60. The summed E-state index contributed by atoms with van der Waals surface area (Å²) >= 11 is 0. The normalized spacial score (nSPS) is 13.8. The van der Waals surface area contributed by atoms with Crippen LogP contribution in [-0.4, -0.2) is 53.6 Å². The van der Waals surface area contributed by atoms with Crippen LogP contribution in [0.5, 0.6) is 5.75 Å². The van der Waals surface area contributed by atoms with Crippen LogP contribution in [0.2, 0.25) is 0 Å². The molecule has 0 unspecified atom stereocenters. The molecule has 1 fully saturated rings. The van der Waals surface area contributed by atoms with Gasteiger partial charge in [-0.15, -0.1) is 0 Å². The number of nitrogens with one attached hydrogen (secondary N) is 1. The van der Waals surface area contributed by atoms with Gasteiger partial charge in [-0.05, 0) is 24.3 Å².